The van der Waals surface area contributed by atoms with Crippen LogP contribution >= 0.6 is 56.7 Å². The Morgan fingerprint density at radius 2 is 1.27 bits per heavy atom. The summed E-state index contributed by atoms with van der Waals surface area (Å²) in [6.45, 7) is 0. The van der Waals surface area contributed by atoms with Crippen LogP contribution < -0.4 is 0 Å². The Kier molecular flexibility index (Phi) is 7.23. The second kappa shape index (κ2) is 10.5. The molecule has 2 nitrogen and oxygen atoms in total. The maximum Gasteiger partial charge on any atom is 0.303 e. The molecule has 5 aromatic heterocycles. The quantitative estimate of drug-likeness (QED) is 0.184. The molecule has 0 saturated carbocycles. The number of carboxylic acids is 1. The van der Waals surface area contributed by atoms with Crippen molar-refractivity contribution in [1.82, 2.24) is 0 Å². The van der Waals surface area contributed by atoms with Gasteiger partial charge in [-0.15, -0.1) is 56.7 Å². The van der Waals surface area contributed by atoms with Crippen molar-refractivity contribution < 1.29 is 9.90 Å². The average molecular weight is 527 g/mol. The molecule has 0 amide bonds. The van der Waals surface area contributed by atoms with Gasteiger partial charge in [0.2, 0.25) is 0 Å². The molecular formula is C26H22O2S5. The molecule has 0 fully saturated rings. The van der Waals surface area contributed by atoms with E-state index in [1.165, 1.54) is 44.6 Å². The first kappa shape index (κ1) is 22.7. The Morgan fingerprint density at radius 3 is 1.88 bits per heavy atom. The van der Waals surface area contributed by atoms with Gasteiger partial charge in [0.1, 0.15) is 0 Å². The minimum Gasteiger partial charge on any atom is -0.481 e. The van der Waals surface area contributed by atoms with E-state index in [4.69, 9.17) is 5.11 Å². The third kappa shape index (κ3) is 5.39. The fraction of sp³-hybridized carbons (Fsp3) is 0.192. The van der Waals surface area contributed by atoms with Gasteiger partial charge >= 0.3 is 5.97 Å². The first-order chi connectivity index (χ1) is 16.2. The van der Waals surface area contributed by atoms with Crippen LogP contribution in [0.2, 0.25) is 0 Å². The first-order valence-corrected chi connectivity index (χ1v) is 15.0. The number of unbranched alkanes of at least 4 members (excludes halogenated alkanes) is 2. The van der Waals surface area contributed by atoms with Gasteiger partial charge in [0.15, 0.2) is 0 Å². The lowest BCUT2D eigenvalue weighted by Gasteiger charge is -2.02. The average Bonchev–Trinajstić information content (AvgIpc) is 3.60. The van der Waals surface area contributed by atoms with Crippen LogP contribution in [0.5, 0.6) is 0 Å². The van der Waals surface area contributed by atoms with Crippen molar-refractivity contribution in [2.24, 2.45) is 0 Å². The van der Waals surface area contributed by atoms with E-state index in [1.54, 1.807) is 22.7 Å². The first-order valence-electron chi connectivity index (χ1n) is 10.8. The molecule has 0 aromatic carbocycles. The van der Waals surface area contributed by atoms with Gasteiger partial charge in [-0.05, 0) is 78.1 Å². The standard InChI is InChI=1S/C26H22O2S5/c27-25(28)9-3-1-2-6-17-16-24(22-11-10-20(31-22)18-7-4-14-29-18)33-26(17)23-13-12-21(32-23)19-8-5-15-30-19/h4-5,7-8,10-16H,1-3,6,9H2,(H,27,28). The van der Waals surface area contributed by atoms with Gasteiger partial charge in [0, 0.05) is 45.4 Å². The van der Waals surface area contributed by atoms with Gasteiger partial charge in [0.25, 0.3) is 0 Å². The van der Waals surface area contributed by atoms with Gasteiger partial charge in [-0.25, -0.2) is 0 Å². The Morgan fingerprint density at radius 1 is 0.667 bits per heavy atom. The summed E-state index contributed by atoms with van der Waals surface area (Å²) in [5.41, 5.74) is 1.39. The number of carboxylic acid groups (broad SMARTS) is 1. The SMILES string of the molecule is O=C(O)CCCCCc1cc(-c2ccc(-c3cccs3)s2)sc1-c1ccc(-c2cccs2)s1. The van der Waals surface area contributed by atoms with Crippen molar-refractivity contribution in [3.8, 4) is 39.0 Å². The Bertz CT molecular complexity index is 1320. The molecule has 0 atom stereocenters. The molecule has 5 aromatic rings. The van der Waals surface area contributed by atoms with Crippen LogP contribution in [0.25, 0.3) is 39.0 Å². The molecule has 0 spiro atoms. The lowest BCUT2D eigenvalue weighted by Crippen LogP contribution is -1.94. The zero-order valence-corrected chi connectivity index (χ0v) is 21.9. The summed E-state index contributed by atoms with van der Waals surface area (Å²) in [7, 11) is 0. The molecule has 0 radical (unpaired) electrons. The Labute approximate surface area is 213 Å². The van der Waals surface area contributed by atoms with Crippen LogP contribution in [0.3, 0.4) is 0 Å². The van der Waals surface area contributed by atoms with Crippen molar-refractivity contribution in [1.29, 1.82) is 0 Å². The topological polar surface area (TPSA) is 37.3 Å². The van der Waals surface area contributed by atoms with E-state index >= 15 is 0 Å². The molecule has 168 valence electrons. The highest BCUT2D eigenvalue weighted by Crippen LogP contribution is 2.46. The number of thiophene rings is 5. The van der Waals surface area contributed by atoms with Gasteiger partial charge in [0.05, 0.1) is 0 Å². The summed E-state index contributed by atoms with van der Waals surface area (Å²) in [5, 5.41) is 13.2. The number of carbonyl (C=O) groups is 1. The number of aliphatic carboxylic acids is 1. The molecule has 7 heteroatoms. The Balaban J connectivity index is 1.42. The van der Waals surface area contributed by atoms with Gasteiger partial charge in [-0.1, -0.05) is 18.6 Å². The minimum atomic E-state index is -0.701. The number of hydrogen-bond donors (Lipinski definition) is 1. The lowest BCUT2D eigenvalue weighted by molar-refractivity contribution is -0.137. The molecule has 5 heterocycles. The maximum absolute atomic E-state index is 10.8. The summed E-state index contributed by atoms with van der Waals surface area (Å²) in [5.74, 6) is -0.701. The summed E-state index contributed by atoms with van der Waals surface area (Å²) in [6.07, 6.45) is 3.96. The highest BCUT2D eigenvalue weighted by atomic mass is 32.1. The second-order valence-electron chi connectivity index (χ2n) is 7.70. The second-order valence-corrected chi connectivity index (χ2v) is 12.8. The van der Waals surface area contributed by atoms with E-state index in [0.717, 1.165) is 25.7 Å². The molecule has 0 bridgehead atoms. The molecule has 33 heavy (non-hydrogen) atoms. The molecule has 0 aliphatic heterocycles. The molecule has 0 aliphatic carbocycles. The van der Waals surface area contributed by atoms with Crippen molar-refractivity contribution in [3.05, 3.63) is 70.9 Å². The minimum absolute atomic E-state index is 0.261. The summed E-state index contributed by atoms with van der Waals surface area (Å²) in [4.78, 5) is 21.4. The lowest BCUT2D eigenvalue weighted by atomic mass is 10.1. The van der Waals surface area contributed by atoms with Gasteiger partial charge in [-0.2, -0.15) is 0 Å². The fourth-order valence-electron chi connectivity index (χ4n) is 3.75. The summed E-state index contributed by atoms with van der Waals surface area (Å²) in [6, 6.07) is 19.9. The Hall–Kier alpha value is -2.03. The molecule has 0 aliphatic rings. The van der Waals surface area contributed by atoms with Crippen LogP contribution in [0.15, 0.2) is 65.4 Å². The van der Waals surface area contributed by atoms with Crippen molar-refractivity contribution in [2.75, 3.05) is 0 Å². The predicted octanol–water partition coefficient (Wildman–Crippen LogP) is 9.85. The maximum atomic E-state index is 10.8. The normalized spacial score (nSPS) is 11.3. The van der Waals surface area contributed by atoms with E-state index in [2.05, 4.69) is 65.4 Å². The molecule has 1 N–H and O–H groups in total. The number of aryl methyl sites for hydroxylation is 1. The van der Waals surface area contributed by atoms with E-state index in [0.29, 0.717) is 0 Å². The van der Waals surface area contributed by atoms with Crippen LogP contribution in [0.1, 0.15) is 31.2 Å². The molecule has 0 saturated heterocycles. The third-order valence-corrected chi connectivity index (χ3v) is 11.2. The third-order valence-electron chi connectivity index (χ3n) is 5.35. The van der Waals surface area contributed by atoms with Crippen LogP contribution in [0, 0.1) is 0 Å². The van der Waals surface area contributed by atoms with E-state index in [1.807, 2.05) is 34.0 Å². The predicted molar refractivity (Wildman–Crippen MR) is 147 cm³/mol. The number of rotatable bonds is 10. The zero-order chi connectivity index (χ0) is 22.6. The van der Waals surface area contributed by atoms with Crippen LogP contribution in [0.4, 0.5) is 0 Å². The number of hydrogen-bond acceptors (Lipinski definition) is 6. The van der Waals surface area contributed by atoms with Crippen molar-refractivity contribution in [2.45, 2.75) is 32.1 Å². The molecular weight excluding hydrogens is 505 g/mol. The highest BCUT2D eigenvalue weighted by molar-refractivity contribution is 7.29. The molecule has 5 rings (SSSR count). The van der Waals surface area contributed by atoms with Crippen molar-refractivity contribution in [3.63, 3.8) is 0 Å². The van der Waals surface area contributed by atoms with E-state index in [-0.39, 0.29) is 6.42 Å². The molecule has 0 unspecified atom stereocenters. The smallest absolute Gasteiger partial charge is 0.303 e. The van der Waals surface area contributed by atoms with Crippen LogP contribution in [-0.2, 0) is 11.2 Å². The summed E-state index contributed by atoms with van der Waals surface area (Å²) >= 11 is 9.18. The monoisotopic (exact) mass is 526 g/mol. The zero-order valence-electron chi connectivity index (χ0n) is 17.8. The van der Waals surface area contributed by atoms with Gasteiger partial charge < -0.3 is 5.11 Å². The summed E-state index contributed by atoms with van der Waals surface area (Å²) < 4.78 is 0. The van der Waals surface area contributed by atoms with Crippen molar-refractivity contribution >= 4 is 62.7 Å². The highest BCUT2D eigenvalue weighted by Gasteiger charge is 2.16. The van der Waals surface area contributed by atoms with Crippen LogP contribution in [-0.4, -0.2) is 11.1 Å². The largest absolute Gasteiger partial charge is 0.481 e. The fourth-order valence-corrected chi connectivity index (χ4v) is 8.86. The van der Waals surface area contributed by atoms with E-state index in [9.17, 15) is 4.79 Å². The van der Waals surface area contributed by atoms with Gasteiger partial charge in [-0.3, -0.25) is 4.79 Å². The van der Waals surface area contributed by atoms with E-state index < -0.39 is 5.97 Å².